The van der Waals surface area contributed by atoms with Crippen LogP contribution >= 0.6 is 0 Å². The Kier molecular flexibility index (Phi) is 5.40. The third kappa shape index (κ3) is 3.65. The normalized spacial score (nSPS) is 19.6. The molecule has 0 aromatic carbocycles. The number of rotatable bonds is 5. The van der Waals surface area contributed by atoms with E-state index in [1.807, 2.05) is 0 Å². The van der Waals surface area contributed by atoms with E-state index in [4.69, 9.17) is 0 Å². The summed E-state index contributed by atoms with van der Waals surface area (Å²) in [5, 5.41) is 7.08. The van der Waals surface area contributed by atoms with E-state index in [1.54, 1.807) is 0 Å². The molecular weight excluding hydrogens is 160 g/mol. The standard InChI is InChI=1S/C11H24N2/c1-3-12-11(13-4-2)10-8-6-5-7-9-10/h10-13H,3-9H2,1-2H3. The molecule has 0 amide bonds. The first kappa shape index (κ1) is 11.0. The summed E-state index contributed by atoms with van der Waals surface area (Å²) in [5.74, 6) is 0.869. The van der Waals surface area contributed by atoms with Crippen molar-refractivity contribution in [2.24, 2.45) is 5.92 Å². The second-order valence-corrected chi connectivity index (χ2v) is 3.99. The molecule has 1 saturated carbocycles. The topological polar surface area (TPSA) is 24.1 Å². The molecule has 0 atom stereocenters. The zero-order chi connectivity index (χ0) is 9.52. The van der Waals surface area contributed by atoms with Crippen LogP contribution < -0.4 is 10.6 Å². The summed E-state index contributed by atoms with van der Waals surface area (Å²) < 4.78 is 0. The Hall–Kier alpha value is -0.0800. The Morgan fingerprint density at radius 3 is 2.00 bits per heavy atom. The molecule has 0 aliphatic heterocycles. The second kappa shape index (κ2) is 6.39. The lowest BCUT2D eigenvalue weighted by Gasteiger charge is -2.31. The van der Waals surface area contributed by atoms with Crippen LogP contribution in [0.4, 0.5) is 0 Å². The van der Waals surface area contributed by atoms with Gasteiger partial charge in [-0.1, -0.05) is 33.1 Å². The minimum atomic E-state index is 0.565. The summed E-state index contributed by atoms with van der Waals surface area (Å²) >= 11 is 0. The molecule has 0 radical (unpaired) electrons. The molecule has 0 unspecified atom stereocenters. The third-order valence-corrected chi connectivity index (χ3v) is 2.97. The van der Waals surface area contributed by atoms with Gasteiger partial charge < -0.3 is 10.6 Å². The van der Waals surface area contributed by atoms with Crippen molar-refractivity contribution in [2.45, 2.75) is 52.1 Å². The van der Waals surface area contributed by atoms with Gasteiger partial charge in [0.05, 0.1) is 6.17 Å². The first-order valence-corrected chi connectivity index (χ1v) is 5.85. The molecule has 1 aliphatic rings. The van der Waals surface area contributed by atoms with E-state index in [0.29, 0.717) is 6.17 Å². The Morgan fingerprint density at radius 2 is 1.54 bits per heavy atom. The van der Waals surface area contributed by atoms with Gasteiger partial charge in [0, 0.05) is 0 Å². The predicted octanol–water partition coefficient (Wildman–Crippen LogP) is 2.11. The van der Waals surface area contributed by atoms with Crippen LogP contribution in [-0.4, -0.2) is 19.3 Å². The van der Waals surface area contributed by atoms with Crippen LogP contribution in [0, 0.1) is 5.92 Å². The third-order valence-electron chi connectivity index (χ3n) is 2.97. The minimum Gasteiger partial charge on any atom is -0.302 e. The first-order valence-electron chi connectivity index (χ1n) is 5.85. The molecule has 1 aliphatic carbocycles. The molecule has 2 heteroatoms. The Bertz CT molecular complexity index is 113. The zero-order valence-corrected chi connectivity index (χ0v) is 9.10. The average Bonchev–Trinajstić information content (AvgIpc) is 2.19. The smallest absolute Gasteiger partial charge is 0.0600 e. The maximum absolute atomic E-state index is 3.54. The van der Waals surface area contributed by atoms with Crippen LogP contribution in [0.2, 0.25) is 0 Å². The van der Waals surface area contributed by atoms with Crippen molar-refractivity contribution in [3.8, 4) is 0 Å². The van der Waals surface area contributed by atoms with Gasteiger partial charge in [-0.05, 0) is 31.8 Å². The van der Waals surface area contributed by atoms with Crippen LogP contribution in [-0.2, 0) is 0 Å². The van der Waals surface area contributed by atoms with Crippen molar-refractivity contribution in [1.29, 1.82) is 0 Å². The first-order chi connectivity index (χ1) is 6.38. The lowest BCUT2D eigenvalue weighted by atomic mass is 9.87. The zero-order valence-electron chi connectivity index (χ0n) is 9.10. The molecule has 1 rings (SSSR count). The molecule has 0 aromatic heterocycles. The molecule has 2 N–H and O–H groups in total. The number of hydrogen-bond acceptors (Lipinski definition) is 2. The SMILES string of the molecule is CCNC(NCC)C1CCCCC1. The van der Waals surface area contributed by atoms with Gasteiger partial charge in [-0.3, -0.25) is 0 Å². The van der Waals surface area contributed by atoms with Crippen LogP contribution in [0.15, 0.2) is 0 Å². The van der Waals surface area contributed by atoms with Crippen molar-refractivity contribution in [3.05, 3.63) is 0 Å². The molecule has 0 saturated heterocycles. The highest BCUT2D eigenvalue weighted by molar-refractivity contribution is 4.76. The Morgan fingerprint density at radius 1 is 1.00 bits per heavy atom. The maximum Gasteiger partial charge on any atom is 0.0600 e. The summed E-state index contributed by atoms with van der Waals surface area (Å²) in [6, 6.07) is 0. The van der Waals surface area contributed by atoms with Crippen molar-refractivity contribution in [3.63, 3.8) is 0 Å². The largest absolute Gasteiger partial charge is 0.302 e. The van der Waals surface area contributed by atoms with Crippen LogP contribution in [0.1, 0.15) is 46.0 Å². The predicted molar refractivity (Wildman–Crippen MR) is 57.7 cm³/mol. The van der Waals surface area contributed by atoms with E-state index in [0.717, 1.165) is 19.0 Å². The molecule has 0 aromatic rings. The summed E-state index contributed by atoms with van der Waals surface area (Å²) in [4.78, 5) is 0. The van der Waals surface area contributed by atoms with E-state index >= 15 is 0 Å². The summed E-state index contributed by atoms with van der Waals surface area (Å²) in [7, 11) is 0. The van der Waals surface area contributed by atoms with Crippen LogP contribution in [0.3, 0.4) is 0 Å². The fourth-order valence-corrected chi connectivity index (χ4v) is 2.31. The lowest BCUT2D eigenvalue weighted by molar-refractivity contribution is 0.240. The quantitative estimate of drug-likeness (QED) is 0.639. The van der Waals surface area contributed by atoms with Crippen molar-refractivity contribution >= 4 is 0 Å². The highest BCUT2D eigenvalue weighted by Crippen LogP contribution is 2.25. The molecule has 0 bridgehead atoms. The monoisotopic (exact) mass is 184 g/mol. The van der Waals surface area contributed by atoms with Gasteiger partial charge in [-0.25, -0.2) is 0 Å². The molecule has 13 heavy (non-hydrogen) atoms. The number of hydrogen-bond donors (Lipinski definition) is 2. The van der Waals surface area contributed by atoms with Crippen LogP contribution in [0.5, 0.6) is 0 Å². The van der Waals surface area contributed by atoms with Gasteiger partial charge in [-0.15, -0.1) is 0 Å². The van der Waals surface area contributed by atoms with Gasteiger partial charge in [0.15, 0.2) is 0 Å². The maximum atomic E-state index is 3.54. The van der Waals surface area contributed by atoms with Gasteiger partial charge in [-0.2, -0.15) is 0 Å². The van der Waals surface area contributed by atoms with Gasteiger partial charge in [0.2, 0.25) is 0 Å². The summed E-state index contributed by atoms with van der Waals surface area (Å²) in [6.07, 6.45) is 7.68. The summed E-state index contributed by atoms with van der Waals surface area (Å²) in [6.45, 7) is 6.53. The minimum absolute atomic E-state index is 0.565. The lowest BCUT2D eigenvalue weighted by Crippen LogP contribution is -2.48. The fourth-order valence-electron chi connectivity index (χ4n) is 2.31. The van der Waals surface area contributed by atoms with E-state index in [2.05, 4.69) is 24.5 Å². The van der Waals surface area contributed by atoms with E-state index in [9.17, 15) is 0 Å². The molecule has 2 nitrogen and oxygen atoms in total. The van der Waals surface area contributed by atoms with Crippen LogP contribution in [0.25, 0.3) is 0 Å². The fraction of sp³-hybridized carbons (Fsp3) is 1.00. The number of nitrogens with one attached hydrogen (secondary N) is 2. The average molecular weight is 184 g/mol. The van der Waals surface area contributed by atoms with Gasteiger partial charge >= 0.3 is 0 Å². The highest BCUT2D eigenvalue weighted by atomic mass is 15.1. The molecule has 0 heterocycles. The van der Waals surface area contributed by atoms with E-state index in [-0.39, 0.29) is 0 Å². The van der Waals surface area contributed by atoms with Crippen molar-refractivity contribution in [1.82, 2.24) is 10.6 Å². The second-order valence-electron chi connectivity index (χ2n) is 3.99. The molecule has 1 fully saturated rings. The van der Waals surface area contributed by atoms with E-state index in [1.165, 1.54) is 32.1 Å². The Balaban J connectivity index is 2.32. The van der Waals surface area contributed by atoms with E-state index < -0.39 is 0 Å². The van der Waals surface area contributed by atoms with Gasteiger partial charge in [0.25, 0.3) is 0 Å². The molecule has 0 spiro atoms. The molecular formula is C11H24N2. The van der Waals surface area contributed by atoms with Crippen molar-refractivity contribution in [2.75, 3.05) is 13.1 Å². The molecule has 78 valence electrons. The Labute approximate surface area is 82.5 Å². The van der Waals surface area contributed by atoms with Crippen molar-refractivity contribution < 1.29 is 0 Å². The highest BCUT2D eigenvalue weighted by Gasteiger charge is 2.21. The van der Waals surface area contributed by atoms with Gasteiger partial charge in [0.1, 0.15) is 0 Å². The summed E-state index contributed by atoms with van der Waals surface area (Å²) in [5.41, 5.74) is 0.